The van der Waals surface area contributed by atoms with E-state index >= 15 is 0 Å². The number of hydrazine groups is 1. The molecule has 0 bridgehead atoms. The molecule has 0 aliphatic heterocycles. The first-order chi connectivity index (χ1) is 8.70. The number of nitrogens with one attached hydrogen (secondary N) is 2. The Balaban J connectivity index is 2.03. The van der Waals surface area contributed by atoms with Gasteiger partial charge >= 0.3 is 0 Å². The average molecular weight is 263 g/mol. The molecular weight excluding hydrogens is 250 g/mol. The maximum atomic E-state index is 11.9. The van der Waals surface area contributed by atoms with Crippen molar-refractivity contribution in [3.8, 4) is 0 Å². The maximum absolute atomic E-state index is 11.9. The van der Waals surface area contributed by atoms with Gasteiger partial charge in [0.25, 0.3) is 5.91 Å². The van der Waals surface area contributed by atoms with E-state index in [9.17, 15) is 4.79 Å². The number of anilines is 1. The number of aryl methyl sites for hydroxylation is 1. The van der Waals surface area contributed by atoms with E-state index in [1.165, 1.54) is 6.20 Å². The van der Waals surface area contributed by atoms with E-state index in [-0.39, 0.29) is 5.91 Å². The fourth-order valence-corrected chi connectivity index (χ4v) is 2.07. The predicted octanol–water partition coefficient (Wildman–Crippen LogP) is 1.06. The number of aromatic nitrogens is 2. The van der Waals surface area contributed by atoms with E-state index in [2.05, 4.69) is 20.7 Å². The molecule has 6 nitrogen and oxygen atoms in total. The fraction of sp³-hybridized carbons (Fsp3) is 0.182. The van der Waals surface area contributed by atoms with Gasteiger partial charge in [-0.15, -0.1) is 11.3 Å². The van der Waals surface area contributed by atoms with Crippen molar-refractivity contribution >= 4 is 22.9 Å². The first-order valence-electron chi connectivity index (χ1n) is 5.30. The largest absolute Gasteiger partial charge is 0.346 e. The minimum atomic E-state index is -0.235. The zero-order valence-electron chi connectivity index (χ0n) is 9.80. The van der Waals surface area contributed by atoms with E-state index in [4.69, 9.17) is 5.84 Å². The van der Waals surface area contributed by atoms with Gasteiger partial charge in [-0.25, -0.2) is 4.98 Å². The van der Waals surface area contributed by atoms with E-state index in [0.717, 1.165) is 10.7 Å². The number of hydrogen-bond acceptors (Lipinski definition) is 6. The summed E-state index contributed by atoms with van der Waals surface area (Å²) in [5.41, 5.74) is 4.26. The minimum absolute atomic E-state index is 0.235. The van der Waals surface area contributed by atoms with Crippen LogP contribution in [0.4, 0.5) is 5.69 Å². The molecule has 2 aromatic heterocycles. The number of amides is 1. The highest BCUT2D eigenvalue weighted by Gasteiger charge is 2.10. The summed E-state index contributed by atoms with van der Waals surface area (Å²) in [5, 5.41) is 5.67. The van der Waals surface area contributed by atoms with Crippen LogP contribution < -0.4 is 16.6 Å². The lowest BCUT2D eigenvalue weighted by atomic mass is 10.2. The maximum Gasteiger partial charge on any atom is 0.255 e. The highest BCUT2D eigenvalue weighted by molar-refractivity contribution is 7.09. The van der Waals surface area contributed by atoms with Gasteiger partial charge < -0.3 is 10.7 Å². The molecule has 0 aliphatic rings. The van der Waals surface area contributed by atoms with Gasteiger partial charge in [0.2, 0.25) is 0 Å². The molecular formula is C11H13N5OS. The van der Waals surface area contributed by atoms with E-state index in [0.29, 0.717) is 17.8 Å². The minimum Gasteiger partial charge on any atom is -0.346 e. The van der Waals surface area contributed by atoms with Gasteiger partial charge in [-0.05, 0) is 13.0 Å². The third kappa shape index (κ3) is 2.82. The molecule has 0 aromatic carbocycles. The van der Waals surface area contributed by atoms with Crippen molar-refractivity contribution in [3.05, 3.63) is 40.1 Å². The van der Waals surface area contributed by atoms with Crippen LogP contribution >= 0.6 is 11.3 Å². The summed E-state index contributed by atoms with van der Waals surface area (Å²) in [6, 6.07) is 1.64. The summed E-state index contributed by atoms with van der Waals surface area (Å²) < 4.78 is 0. The van der Waals surface area contributed by atoms with Crippen LogP contribution in [-0.4, -0.2) is 15.9 Å². The lowest BCUT2D eigenvalue weighted by Gasteiger charge is -2.07. The van der Waals surface area contributed by atoms with Crippen molar-refractivity contribution in [2.24, 2.45) is 5.84 Å². The van der Waals surface area contributed by atoms with E-state index in [1.807, 2.05) is 12.3 Å². The number of carbonyl (C=O) groups is 1. The Morgan fingerprint density at radius 2 is 2.39 bits per heavy atom. The Kier molecular flexibility index (Phi) is 3.85. The lowest BCUT2D eigenvalue weighted by molar-refractivity contribution is 0.0951. The molecule has 4 N–H and O–H groups in total. The van der Waals surface area contributed by atoms with Crippen LogP contribution in [0.5, 0.6) is 0 Å². The van der Waals surface area contributed by atoms with Gasteiger partial charge in [-0.1, -0.05) is 0 Å². The van der Waals surface area contributed by atoms with Gasteiger partial charge in [0, 0.05) is 17.8 Å². The summed E-state index contributed by atoms with van der Waals surface area (Å²) in [6.07, 6.45) is 3.03. The Morgan fingerprint density at radius 3 is 3.06 bits per heavy atom. The van der Waals surface area contributed by atoms with Gasteiger partial charge in [0.1, 0.15) is 0 Å². The number of thiazole rings is 1. The van der Waals surface area contributed by atoms with Crippen LogP contribution in [0.25, 0.3) is 0 Å². The van der Waals surface area contributed by atoms with E-state index < -0.39 is 0 Å². The van der Waals surface area contributed by atoms with Crippen LogP contribution in [0.3, 0.4) is 0 Å². The van der Waals surface area contributed by atoms with Crippen molar-refractivity contribution in [2.75, 3.05) is 5.43 Å². The number of nitrogens with two attached hydrogens (primary N) is 1. The molecule has 0 saturated heterocycles. The van der Waals surface area contributed by atoms with Crippen molar-refractivity contribution in [3.63, 3.8) is 0 Å². The van der Waals surface area contributed by atoms with Crippen molar-refractivity contribution < 1.29 is 4.79 Å². The molecule has 2 aromatic rings. The number of rotatable bonds is 4. The monoisotopic (exact) mass is 263 g/mol. The molecule has 0 spiro atoms. The van der Waals surface area contributed by atoms with E-state index in [1.54, 1.807) is 23.6 Å². The summed E-state index contributed by atoms with van der Waals surface area (Å²) in [6.45, 7) is 2.32. The molecule has 0 unspecified atom stereocenters. The van der Waals surface area contributed by atoms with Crippen LogP contribution in [0.2, 0.25) is 0 Å². The number of carbonyl (C=O) groups excluding carboxylic acids is 1. The van der Waals surface area contributed by atoms with Gasteiger partial charge in [0.05, 0.1) is 28.5 Å². The second-order valence-electron chi connectivity index (χ2n) is 3.61. The SMILES string of the molecule is Cc1nc(CNC(=O)c2cnccc2NN)cs1. The second kappa shape index (κ2) is 5.56. The first kappa shape index (κ1) is 12.5. The molecule has 94 valence electrons. The van der Waals surface area contributed by atoms with Crippen molar-refractivity contribution in [1.82, 2.24) is 15.3 Å². The van der Waals surface area contributed by atoms with Crippen molar-refractivity contribution in [2.45, 2.75) is 13.5 Å². The van der Waals surface area contributed by atoms with Gasteiger partial charge in [0.15, 0.2) is 0 Å². The molecule has 0 atom stereocenters. The standard InChI is InChI=1S/C11H13N5OS/c1-7-15-8(6-18-7)4-14-11(17)9-5-13-3-2-10(9)16-12/h2-3,5-6H,4,12H2,1H3,(H,13,16)(H,14,17). The fourth-order valence-electron chi connectivity index (χ4n) is 1.46. The third-order valence-corrected chi connectivity index (χ3v) is 3.14. The molecule has 1 amide bonds. The quantitative estimate of drug-likeness (QED) is 0.566. The zero-order chi connectivity index (χ0) is 13.0. The smallest absolute Gasteiger partial charge is 0.255 e. The first-order valence-corrected chi connectivity index (χ1v) is 6.18. The topological polar surface area (TPSA) is 92.9 Å². The Morgan fingerprint density at radius 1 is 1.56 bits per heavy atom. The summed E-state index contributed by atoms with van der Waals surface area (Å²) in [7, 11) is 0. The summed E-state index contributed by atoms with van der Waals surface area (Å²) >= 11 is 1.55. The molecule has 0 fully saturated rings. The number of pyridine rings is 1. The van der Waals surface area contributed by atoms with Gasteiger partial charge in [-0.3, -0.25) is 15.6 Å². The summed E-state index contributed by atoms with van der Waals surface area (Å²) in [5.74, 6) is 5.10. The van der Waals surface area contributed by atoms with Crippen molar-refractivity contribution in [1.29, 1.82) is 0 Å². The molecule has 0 radical (unpaired) electrons. The zero-order valence-corrected chi connectivity index (χ0v) is 10.6. The average Bonchev–Trinajstić information content (AvgIpc) is 2.81. The highest BCUT2D eigenvalue weighted by atomic mass is 32.1. The third-order valence-electron chi connectivity index (χ3n) is 2.32. The molecule has 18 heavy (non-hydrogen) atoms. The van der Waals surface area contributed by atoms with Crippen LogP contribution in [0.15, 0.2) is 23.8 Å². The normalized spacial score (nSPS) is 10.1. The molecule has 2 heterocycles. The number of hydrogen-bond donors (Lipinski definition) is 3. The molecule has 0 aliphatic carbocycles. The lowest BCUT2D eigenvalue weighted by Crippen LogP contribution is -2.25. The van der Waals surface area contributed by atoms with Crippen LogP contribution in [-0.2, 0) is 6.54 Å². The number of nitrogens with zero attached hydrogens (tertiary/aromatic N) is 2. The number of nitrogen functional groups attached to an aromatic ring is 1. The van der Waals surface area contributed by atoms with Crippen LogP contribution in [0, 0.1) is 6.92 Å². The van der Waals surface area contributed by atoms with Crippen LogP contribution in [0.1, 0.15) is 21.1 Å². The Labute approximate surface area is 108 Å². The Bertz CT molecular complexity index is 554. The molecule has 2 rings (SSSR count). The van der Waals surface area contributed by atoms with Gasteiger partial charge in [-0.2, -0.15) is 0 Å². The Hall–Kier alpha value is -1.99. The summed E-state index contributed by atoms with van der Waals surface area (Å²) in [4.78, 5) is 20.1. The predicted molar refractivity (Wildman–Crippen MR) is 70.1 cm³/mol. The second-order valence-corrected chi connectivity index (χ2v) is 4.67. The molecule has 7 heteroatoms. The molecule has 0 saturated carbocycles. The highest BCUT2D eigenvalue weighted by Crippen LogP contribution is 2.12.